The fourth-order valence-corrected chi connectivity index (χ4v) is 5.28. The fourth-order valence-electron chi connectivity index (χ4n) is 5.28. The highest BCUT2D eigenvalue weighted by atomic mass is 15.3. The van der Waals surface area contributed by atoms with E-state index in [4.69, 9.17) is 0 Å². The van der Waals surface area contributed by atoms with Crippen molar-refractivity contribution in [3.05, 3.63) is 0 Å². The Balaban J connectivity index is 1.73. The molecule has 0 radical (unpaired) electrons. The van der Waals surface area contributed by atoms with Gasteiger partial charge in [0, 0.05) is 30.7 Å². The Morgan fingerprint density at radius 1 is 1.15 bits per heavy atom. The zero-order chi connectivity index (χ0) is 14.2. The first-order valence-corrected chi connectivity index (χ1v) is 9.14. The smallest absolute Gasteiger partial charge is 0.0309 e. The second-order valence-electron chi connectivity index (χ2n) is 8.07. The average Bonchev–Trinajstić information content (AvgIpc) is 2.87. The third-order valence-electron chi connectivity index (χ3n) is 6.51. The van der Waals surface area contributed by atoms with Gasteiger partial charge in [-0.15, -0.1) is 0 Å². The van der Waals surface area contributed by atoms with Crippen LogP contribution in [0.2, 0.25) is 0 Å². The molecule has 0 aromatic carbocycles. The summed E-state index contributed by atoms with van der Waals surface area (Å²) in [5.74, 6) is 1.84. The highest BCUT2D eigenvalue weighted by Gasteiger charge is 2.44. The van der Waals surface area contributed by atoms with Crippen molar-refractivity contribution in [2.24, 2.45) is 11.8 Å². The Morgan fingerprint density at radius 3 is 2.55 bits per heavy atom. The van der Waals surface area contributed by atoms with Crippen molar-refractivity contribution >= 4 is 0 Å². The summed E-state index contributed by atoms with van der Waals surface area (Å²) in [5, 5.41) is 3.95. The molecule has 1 spiro atoms. The van der Waals surface area contributed by atoms with E-state index in [1.807, 2.05) is 0 Å². The maximum absolute atomic E-state index is 3.95. The van der Waals surface area contributed by atoms with Crippen molar-refractivity contribution in [3.8, 4) is 0 Å². The molecule has 116 valence electrons. The Labute approximate surface area is 125 Å². The van der Waals surface area contributed by atoms with Gasteiger partial charge in [-0.2, -0.15) is 0 Å². The Bertz CT molecular complexity index is 321. The lowest BCUT2D eigenvalue weighted by atomic mass is 9.77. The predicted octanol–water partition coefficient (Wildman–Crippen LogP) is 3.81. The van der Waals surface area contributed by atoms with Crippen molar-refractivity contribution in [1.29, 1.82) is 0 Å². The van der Waals surface area contributed by atoms with E-state index < -0.39 is 0 Å². The minimum absolute atomic E-state index is 0.481. The molecule has 3 rings (SSSR count). The number of piperazine rings is 1. The first-order valence-electron chi connectivity index (χ1n) is 9.14. The van der Waals surface area contributed by atoms with Crippen LogP contribution in [0.4, 0.5) is 0 Å². The van der Waals surface area contributed by atoms with Gasteiger partial charge in [-0.05, 0) is 50.4 Å². The zero-order valence-electron chi connectivity index (χ0n) is 13.8. The van der Waals surface area contributed by atoms with Crippen molar-refractivity contribution < 1.29 is 0 Å². The minimum atomic E-state index is 0.481. The molecule has 1 aliphatic heterocycles. The number of nitrogens with zero attached hydrogens (tertiary/aromatic N) is 1. The van der Waals surface area contributed by atoms with E-state index in [9.17, 15) is 0 Å². The van der Waals surface area contributed by atoms with Crippen LogP contribution in [0.25, 0.3) is 0 Å². The summed E-state index contributed by atoms with van der Waals surface area (Å²) < 4.78 is 0. The van der Waals surface area contributed by atoms with Crippen molar-refractivity contribution in [3.63, 3.8) is 0 Å². The minimum Gasteiger partial charge on any atom is -0.308 e. The third-order valence-corrected chi connectivity index (χ3v) is 6.51. The lowest BCUT2D eigenvalue weighted by Crippen LogP contribution is -2.66. The van der Waals surface area contributed by atoms with E-state index in [0.717, 1.165) is 23.9 Å². The van der Waals surface area contributed by atoms with E-state index in [1.54, 1.807) is 0 Å². The van der Waals surface area contributed by atoms with Gasteiger partial charge < -0.3 is 5.32 Å². The van der Waals surface area contributed by atoms with E-state index in [1.165, 1.54) is 64.5 Å². The molecule has 1 N–H and O–H groups in total. The summed E-state index contributed by atoms with van der Waals surface area (Å²) in [6, 6.07) is 1.64. The lowest BCUT2D eigenvalue weighted by molar-refractivity contribution is -0.000734. The molecule has 2 nitrogen and oxygen atoms in total. The highest BCUT2D eigenvalue weighted by Crippen LogP contribution is 2.39. The molecule has 0 amide bonds. The van der Waals surface area contributed by atoms with Crippen molar-refractivity contribution in [2.75, 3.05) is 13.1 Å². The monoisotopic (exact) mass is 278 g/mol. The van der Waals surface area contributed by atoms with Crippen LogP contribution < -0.4 is 5.32 Å². The molecule has 0 aromatic rings. The summed E-state index contributed by atoms with van der Waals surface area (Å²) in [6.45, 7) is 9.89. The first kappa shape index (κ1) is 14.8. The summed E-state index contributed by atoms with van der Waals surface area (Å²) in [5.41, 5.74) is 0.481. The molecule has 0 bridgehead atoms. The van der Waals surface area contributed by atoms with Crippen molar-refractivity contribution in [2.45, 2.75) is 89.8 Å². The van der Waals surface area contributed by atoms with Gasteiger partial charge in [-0.1, -0.05) is 33.6 Å². The van der Waals surface area contributed by atoms with Crippen LogP contribution in [-0.4, -0.2) is 35.6 Å². The Hall–Kier alpha value is -0.0800. The zero-order valence-corrected chi connectivity index (χ0v) is 13.8. The molecule has 2 saturated carbocycles. The first-order chi connectivity index (χ1) is 9.63. The molecule has 20 heavy (non-hydrogen) atoms. The maximum atomic E-state index is 3.95. The molecule has 1 saturated heterocycles. The summed E-state index contributed by atoms with van der Waals surface area (Å²) in [7, 11) is 0. The molecular formula is C18H34N2. The van der Waals surface area contributed by atoms with Gasteiger partial charge in [0.05, 0.1) is 0 Å². The summed E-state index contributed by atoms with van der Waals surface area (Å²) >= 11 is 0. The van der Waals surface area contributed by atoms with Gasteiger partial charge in [0.25, 0.3) is 0 Å². The van der Waals surface area contributed by atoms with Gasteiger partial charge in [0.1, 0.15) is 0 Å². The van der Waals surface area contributed by atoms with Gasteiger partial charge in [0.15, 0.2) is 0 Å². The van der Waals surface area contributed by atoms with Crippen LogP contribution in [0.1, 0.15) is 72.1 Å². The molecule has 0 aromatic heterocycles. The fraction of sp³-hybridized carbons (Fsp3) is 1.00. The van der Waals surface area contributed by atoms with Crippen molar-refractivity contribution in [1.82, 2.24) is 10.2 Å². The van der Waals surface area contributed by atoms with Gasteiger partial charge >= 0.3 is 0 Å². The summed E-state index contributed by atoms with van der Waals surface area (Å²) in [4.78, 5) is 2.94. The topological polar surface area (TPSA) is 15.3 Å². The molecule has 2 heteroatoms. The molecular weight excluding hydrogens is 244 g/mol. The number of rotatable bonds is 2. The average molecular weight is 278 g/mol. The molecule has 3 fully saturated rings. The largest absolute Gasteiger partial charge is 0.308 e. The van der Waals surface area contributed by atoms with Crippen LogP contribution in [0, 0.1) is 11.8 Å². The molecule has 1 heterocycles. The summed E-state index contributed by atoms with van der Waals surface area (Å²) in [6.07, 6.45) is 11.3. The molecule has 4 atom stereocenters. The van der Waals surface area contributed by atoms with E-state index in [2.05, 4.69) is 31.0 Å². The third kappa shape index (κ3) is 2.78. The standard InChI is InChI=1S/C18H34N2/c1-4-16-12-19-18(9-5-6-10-18)13-20(16)17-8-7-14(2)11-15(17)3/h14-17,19H,4-13H2,1-3H3. The lowest BCUT2D eigenvalue weighted by Gasteiger charge is -2.52. The van der Waals surface area contributed by atoms with E-state index >= 15 is 0 Å². The Kier molecular flexibility index (Phi) is 4.42. The maximum Gasteiger partial charge on any atom is 0.0309 e. The van der Waals surface area contributed by atoms with Crippen LogP contribution in [0.5, 0.6) is 0 Å². The normalized spacial score (nSPS) is 42.1. The van der Waals surface area contributed by atoms with Gasteiger partial charge in [-0.3, -0.25) is 4.90 Å². The quantitative estimate of drug-likeness (QED) is 0.826. The Morgan fingerprint density at radius 2 is 1.90 bits per heavy atom. The second-order valence-corrected chi connectivity index (χ2v) is 8.07. The van der Waals surface area contributed by atoms with Crippen LogP contribution >= 0.6 is 0 Å². The number of hydrogen-bond donors (Lipinski definition) is 1. The van der Waals surface area contributed by atoms with E-state index in [0.29, 0.717) is 5.54 Å². The molecule has 3 aliphatic rings. The second kappa shape index (κ2) is 5.96. The number of nitrogens with one attached hydrogen (secondary N) is 1. The number of hydrogen-bond acceptors (Lipinski definition) is 2. The van der Waals surface area contributed by atoms with Crippen LogP contribution in [0.15, 0.2) is 0 Å². The molecule has 2 aliphatic carbocycles. The van der Waals surface area contributed by atoms with Gasteiger partial charge in [-0.25, -0.2) is 0 Å². The predicted molar refractivity (Wildman–Crippen MR) is 86.0 cm³/mol. The SMILES string of the molecule is CCC1CNC2(CCCC2)CN1C1CCC(C)CC1C. The highest BCUT2D eigenvalue weighted by molar-refractivity contribution is 5.03. The van der Waals surface area contributed by atoms with E-state index in [-0.39, 0.29) is 0 Å². The molecule has 4 unspecified atom stereocenters. The van der Waals surface area contributed by atoms with Gasteiger partial charge in [0.2, 0.25) is 0 Å². The van der Waals surface area contributed by atoms with Crippen LogP contribution in [-0.2, 0) is 0 Å². The van der Waals surface area contributed by atoms with Crippen LogP contribution in [0.3, 0.4) is 0 Å².